The zero-order valence-corrected chi connectivity index (χ0v) is 13.4. The van der Waals surface area contributed by atoms with Crippen LogP contribution in [0.4, 0.5) is 4.39 Å². The topological polar surface area (TPSA) is 60.4 Å². The van der Waals surface area contributed by atoms with Crippen LogP contribution in [-0.4, -0.2) is 27.2 Å². The molecule has 1 atom stereocenters. The number of halogens is 1. The molecule has 2 aromatic carbocycles. The third kappa shape index (κ3) is 4.63. The molecule has 0 fully saturated rings. The van der Waals surface area contributed by atoms with Crippen molar-refractivity contribution < 1.29 is 22.3 Å². The van der Waals surface area contributed by atoms with Crippen molar-refractivity contribution in [2.45, 2.75) is 17.2 Å². The molecule has 0 heterocycles. The number of sulfone groups is 1. The van der Waals surface area contributed by atoms with Gasteiger partial charge in [-0.15, -0.1) is 0 Å². The number of hydrogen-bond acceptors (Lipinski definition) is 4. The Morgan fingerprint density at radius 3 is 2.26 bits per heavy atom. The maximum atomic E-state index is 13.0. The first-order valence-electron chi connectivity index (χ1n) is 7.02. The summed E-state index contributed by atoms with van der Waals surface area (Å²) >= 11 is 0. The van der Waals surface area contributed by atoms with E-state index < -0.39 is 27.5 Å². The van der Waals surface area contributed by atoms with Crippen LogP contribution in [0.5, 0.6) is 0 Å². The molecule has 4 nitrogen and oxygen atoms in total. The van der Waals surface area contributed by atoms with Gasteiger partial charge in [0, 0.05) is 5.92 Å². The summed E-state index contributed by atoms with van der Waals surface area (Å²) in [6, 6.07) is 13.6. The SMILES string of the molecule is COC(=O)CC(CS(=O)(=O)c1ccc(F)cc1)c1ccccc1. The summed E-state index contributed by atoms with van der Waals surface area (Å²) in [6.07, 6.45) is -0.0407. The molecule has 0 amide bonds. The predicted octanol–water partition coefficient (Wildman–Crippen LogP) is 2.95. The molecule has 2 aromatic rings. The fourth-order valence-corrected chi connectivity index (χ4v) is 3.87. The molecule has 0 aliphatic rings. The first-order valence-corrected chi connectivity index (χ1v) is 8.67. The third-order valence-corrected chi connectivity index (χ3v) is 5.34. The largest absolute Gasteiger partial charge is 0.469 e. The summed E-state index contributed by atoms with van der Waals surface area (Å²) < 4.78 is 42.7. The second-order valence-corrected chi connectivity index (χ2v) is 7.16. The maximum Gasteiger partial charge on any atom is 0.306 e. The van der Waals surface area contributed by atoms with Gasteiger partial charge in [-0.3, -0.25) is 4.79 Å². The molecule has 23 heavy (non-hydrogen) atoms. The van der Waals surface area contributed by atoms with Gasteiger partial charge in [0.2, 0.25) is 0 Å². The van der Waals surface area contributed by atoms with Crippen LogP contribution in [0.2, 0.25) is 0 Å². The van der Waals surface area contributed by atoms with Crippen molar-refractivity contribution in [1.29, 1.82) is 0 Å². The second-order valence-electron chi connectivity index (χ2n) is 5.12. The van der Waals surface area contributed by atoms with E-state index in [9.17, 15) is 17.6 Å². The molecule has 122 valence electrons. The summed E-state index contributed by atoms with van der Waals surface area (Å²) in [5.74, 6) is -1.76. The Morgan fingerprint density at radius 2 is 1.70 bits per heavy atom. The van der Waals surface area contributed by atoms with E-state index in [0.717, 1.165) is 17.7 Å². The quantitative estimate of drug-likeness (QED) is 0.601. The number of ether oxygens (including phenoxy) is 1. The lowest BCUT2D eigenvalue weighted by molar-refractivity contribution is -0.140. The highest BCUT2D eigenvalue weighted by Crippen LogP contribution is 2.25. The molecule has 0 spiro atoms. The van der Waals surface area contributed by atoms with E-state index in [-0.39, 0.29) is 17.1 Å². The van der Waals surface area contributed by atoms with Gasteiger partial charge in [-0.2, -0.15) is 0 Å². The van der Waals surface area contributed by atoms with Gasteiger partial charge in [-0.05, 0) is 29.8 Å². The summed E-state index contributed by atoms with van der Waals surface area (Å²) in [5.41, 5.74) is 0.739. The van der Waals surface area contributed by atoms with Gasteiger partial charge in [0.1, 0.15) is 5.82 Å². The number of hydrogen-bond donors (Lipinski definition) is 0. The van der Waals surface area contributed by atoms with E-state index in [2.05, 4.69) is 4.74 Å². The highest BCUT2D eigenvalue weighted by Gasteiger charge is 2.25. The van der Waals surface area contributed by atoms with Crippen LogP contribution >= 0.6 is 0 Å². The second kappa shape index (κ2) is 7.37. The number of esters is 1. The highest BCUT2D eigenvalue weighted by atomic mass is 32.2. The van der Waals surface area contributed by atoms with Gasteiger partial charge in [-0.1, -0.05) is 30.3 Å². The maximum absolute atomic E-state index is 13.0. The Balaban J connectivity index is 2.29. The molecule has 2 rings (SSSR count). The normalized spacial score (nSPS) is 12.6. The van der Waals surface area contributed by atoms with Crippen molar-refractivity contribution in [3.8, 4) is 0 Å². The molecule has 0 saturated carbocycles. The van der Waals surface area contributed by atoms with Crippen LogP contribution < -0.4 is 0 Å². The van der Waals surface area contributed by atoms with Crippen LogP contribution in [0, 0.1) is 5.82 Å². The molecular weight excluding hydrogens is 319 g/mol. The molecule has 0 saturated heterocycles. The van der Waals surface area contributed by atoms with Crippen LogP contribution in [0.15, 0.2) is 59.5 Å². The Hall–Kier alpha value is -2.21. The lowest BCUT2D eigenvalue weighted by Crippen LogP contribution is -2.19. The fourth-order valence-electron chi connectivity index (χ4n) is 2.29. The monoisotopic (exact) mass is 336 g/mol. The molecule has 0 aromatic heterocycles. The molecule has 6 heteroatoms. The van der Waals surface area contributed by atoms with Crippen molar-refractivity contribution in [3.05, 3.63) is 66.0 Å². The van der Waals surface area contributed by atoms with Gasteiger partial charge >= 0.3 is 5.97 Å². The molecule has 0 N–H and O–H groups in total. The Morgan fingerprint density at radius 1 is 1.09 bits per heavy atom. The minimum Gasteiger partial charge on any atom is -0.469 e. The van der Waals surface area contributed by atoms with Gasteiger partial charge in [0.05, 0.1) is 24.2 Å². The fraction of sp³-hybridized carbons (Fsp3) is 0.235. The first kappa shape index (κ1) is 17.1. The van der Waals surface area contributed by atoms with Crippen molar-refractivity contribution in [2.24, 2.45) is 0 Å². The minimum atomic E-state index is -3.65. The molecule has 0 radical (unpaired) electrons. The van der Waals surface area contributed by atoms with Crippen LogP contribution in [-0.2, 0) is 19.4 Å². The van der Waals surface area contributed by atoms with Crippen molar-refractivity contribution in [1.82, 2.24) is 0 Å². The molecule has 0 aliphatic carbocycles. The molecule has 0 aliphatic heterocycles. The van der Waals surface area contributed by atoms with Gasteiger partial charge in [-0.25, -0.2) is 12.8 Å². The third-order valence-electron chi connectivity index (χ3n) is 3.51. The van der Waals surface area contributed by atoms with Crippen LogP contribution in [0.25, 0.3) is 0 Å². The van der Waals surface area contributed by atoms with E-state index in [4.69, 9.17) is 0 Å². The number of carbonyl (C=O) groups is 1. The first-order chi connectivity index (χ1) is 10.9. The molecular formula is C17H17FO4S. The predicted molar refractivity (Wildman–Crippen MR) is 84.3 cm³/mol. The van der Waals surface area contributed by atoms with E-state index in [1.54, 1.807) is 24.3 Å². The number of benzene rings is 2. The molecule has 0 bridgehead atoms. The zero-order chi connectivity index (χ0) is 16.9. The highest BCUT2D eigenvalue weighted by molar-refractivity contribution is 7.91. The standard InChI is InChI=1S/C17H17FO4S/c1-22-17(19)11-14(13-5-3-2-4-6-13)12-23(20,21)16-9-7-15(18)8-10-16/h2-10,14H,11-12H2,1H3. The van der Waals surface area contributed by atoms with Crippen LogP contribution in [0.3, 0.4) is 0 Å². The van der Waals surface area contributed by atoms with E-state index in [1.165, 1.54) is 19.2 Å². The lowest BCUT2D eigenvalue weighted by Gasteiger charge is -2.16. The van der Waals surface area contributed by atoms with E-state index >= 15 is 0 Å². The van der Waals surface area contributed by atoms with Crippen LogP contribution in [0.1, 0.15) is 17.9 Å². The van der Waals surface area contributed by atoms with Gasteiger partial charge in [0.25, 0.3) is 0 Å². The smallest absolute Gasteiger partial charge is 0.306 e. The summed E-state index contributed by atoms with van der Waals surface area (Å²) in [4.78, 5) is 11.6. The van der Waals surface area contributed by atoms with E-state index in [1.807, 2.05) is 6.07 Å². The number of methoxy groups -OCH3 is 1. The lowest BCUT2D eigenvalue weighted by atomic mass is 9.98. The van der Waals surface area contributed by atoms with Gasteiger partial charge in [0.15, 0.2) is 9.84 Å². The zero-order valence-electron chi connectivity index (χ0n) is 12.6. The minimum absolute atomic E-state index is 0.0321. The summed E-state index contributed by atoms with van der Waals surface area (Å²) in [7, 11) is -2.39. The summed E-state index contributed by atoms with van der Waals surface area (Å²) in [5, 5.41) is 0. The number of rotatable bonds is 6. The van der Waals surface area contributed by atoms with Crippen molar-refractivity contribution in [2.75, 3.05) is 12.9 Å². The van der Waals surface area contributed by atoms with Crippen molar-refractivity contribution >= 4 is 15.8 Å². The van der Waals surface area contributed by atoms with E-state index in [0.29, 0.717) is 0 Å². The Labute approximate surface area is 134 Å². The summed E-state index contributed by atoms with van der Waals surface area (Å²) in [6.45, 7) is 0. The Bertz CT molecular complexity index is 755. The van der Waals surface area contributed by atoms with Gasteiger partial charge < -0.3 is 4.74 Å². The average molecular weight is 336 g/mol. The average Bonchev–Trinajstić information content (AvgIpc) is 2.55. The number of carbonyl (C=O) groups excluding carboxylic acids is 1. The van der Waals surface area contributed by atoms with Crippen molar-refractivity contribution in [3.63, 3.8) is 0 Å². The Kier molecular flexibility index (Phi) is 5.50. The molecule has 1 unspecified atom stereocenters.